The summed E-state index contributed by atoms with van der Waals surface area (Å²) in [7, 11) is 1.87. The van der Waals surface area contributed by atoms with Crippen LogP contribution in [-0.4, -0.2) is 35.9 Å². The summed E-state index contributed by atoms with van der Waals surface area (Å²) in [5.74, 6) is 1.18. The van der Waals surface area contributed by atoms with Gasteiger partial charge in [-0.1, -0.05) is 0 Å². The van der Waals surface area contributed by atoms with Crippen LogP contribution in [0.25, 0.3) is 0 Å². The van der Waals surface area contributed by atoms with Crippen molar-refractivity contribution in [3.05, 3.63) is 16.3 Å². The minimum Gasteiger partial charge on any atom is -0.338 e. The van der Waals surface area contributed by atoms with Gasteiger partial charge in [0, 0.05) is 23.4 Å². The van der Waals surface area contributed by atoms with Gasteiger partial charge >= 0.3 is 0 Å². The van der Waals surface area contributed by atoms with Crippen molar-refractivity contribution in [2.75, 3.05) is 19.1 Å². The van der Waals surface area contributed by atoms with Gasteiger partial charge in [-0.2, -0.15) is 11.8 Å². The van der Waals surface area contributed by atoms with E-state index in [0.717, 1.165) is 21.9 Å². The lowest BCUT2D eigenvalue weighted by Gasteiger charge is -2.24. The molecule has 0 aliphatic heterocycles. The van der Waals surface area contributed by atoms with E-state index in [1.165, 1.54) is 11.3 Å². The van der Waals surface area contributed by atoms with Gasteiger partial charge in [0.15, 0.2) is 0 Å². The predicted octanol–water partition coefficient (Wildman–Crippen LogP) is 3.25. The van der Waals surface area contributed by atoms with E-state index in [4.69, 9.17) is 0 Å². The molecule has 90 valence electrons. The van der Waals surface area contributed by atoms with Crippen molar-refractivity contribution in [3.63, 3.8) is 0 Å². The van der Waals surface area contributed by atoms with Crippen molar-refractivity contribution in [2.24, 2.45) is 0 Å². The summed E-state index contributed by atoms with van der Waals surface area (Å²) in [4.78, 5) is 15.5. The summed E-state index contributed by atoms with van der Waals surface area (Å²) in [6.07, 6.45) is 3.11. The number of amides is 1. The number of thioether (sulfide) groups is 1. The van der Waals surface area contributed by atoms with Crippen molar-refractivity contribution < 1.29 is 4.79 Å². The Bertz CT molecular complexity index is 351. The van der Waals surface area contributed by atoms with Gasteiger partial charge in [-0.25, -0.2) is 0 Å². The standard InChI is InChI=1S/C11H17NOS3/c1-8(4-5-15-3)12(2)11(13)10-6-9(14)7-16-10/h6-8,14H,4-5H2,1-3H3. The maximum Gasteiger partial charge on any atom is 0.263 e. The third-order valence-corrected chi connectivity index (χ3v) is 4.51. The van der Waals surface area contributed by atoms with Crippen LogP contribution < -0.4 is 0 Å². The van der Waals surface area contributed by atoms with Gasteiger partial charge in [-0.3, -0.25) is 4.79 Å². The molecule has 5 heteroatoms. The van der Waals surface area contributed by atoms with Crippen molar-refractivity contribution >= 4 is 41.6 Å². The van der Waals surface area contributed by atoms with Crippen molar-refractivity contribution in [2.45, 2.75) is 24.3 Å². The maximum absolute atomic E-state index is 12.1. The fourth-order valence-corrected chi connectivity index (χ4v) is 3.00. The minimum absolute atomic E-state index is 0.0962. The second kappa shape index (κ2) is 6.57. The number of rotatable bonds is 5. The molecule has 0 spiro atoms. The Hall–Kier alpha value is -0.130. The summed E-state index contributed by atoms with van der Waals surface area (Å²) >= 11 is 7.48. The van der Waals surface area contributed by atoms with Gasteiger partial charge in [0.2, 0.25) is 0 Å². The van der Waals surface area contributed by atoms with Crippen LogP contribution >= 0.6 is 35.7 Å². The van der Waals surface area contributed by atoms with E-state index in [2.05, 4.69) is 25.8 Å². The van der Waals surface area contributed by atoms with E-state index in [-0.39, 0.29) is 11.9 Å². The first-order valence-electron chi connectivity index (χ1n) is 5.10. The van der Waals surface area contributed by atoms with Crippen LogP contribution in [-0.2, 0) is 0 Å². The second-order valence-corrected chi connectivity index (χ2v) is 6.13. The van der Waals surface area contributed by atoms with Crippen LogP contribution in [0.2, 0.25) is 0 Å². The highest BCUT2D eigenvalue weighted by molar-refractivity contribution is 7.98. The fraction of sp³-hybridized carbons (Fsp3) is 0.545. The molecule has 0 aromatic carbocycles. The molecule has 1 heterocycles. The first-order chi connectivity index (χ1) is 7.56. The van der Waals surface area contributed by atoms with Crippen molar-refractivity contribution in [3.8, 4) is 0 Å². The van der Waals surface area contributed by atoms with Crippen LogP contribution in [0.5, 0.6) is 0 Å². The molecule has 0 aliphatic carbocycles. The van der Waals surface area contributed by atoms with Gasteiger partial charge in [-0.05, 0) is 31.4 Å². The SMILES string of the molecule is CSCCC(C)N(C)C(=O)c1cc(S)cs1. The summed E-state index contributed by atoms with van der Waals surface area (Å²) in [6, 6.07) is 2.11. The van der Waals surface area contributed by atoms with Crippen LogP contribution in [0.15, 0.2) is 16.3 Å². The average Bonchev–Trinajstić information content (AvgIpc) is 2.70. The van der Waals surface area contributed by atoms with Crippen LogP contribution in [0, 0.1) is 0 Å². The quantitative estimate of drug-likeness (QED) is 0.833. The van der Waals surface area contributed by atoms with Gasteiger partial charge in [0.1, 0.15) is 0 Å². The smallest absolute Gasteiger partial charge is 0.263 e. The molecule has 16 heavy (non-hydrogen) atoms. The molecule has 1 aromatic heterocycles. The molecule has 0 fully saturated rings. The van der Waals surface area contributed by atoms with E-state index in [9.17, 15) is 4.79 Å². The molecule has 1 amide bonds. The fourth-order valence-electron chi connectivity index (χ4n) is 1.29. The summed E-state index contributed by atoms with van der Waals surface area (Å²) in [6.45, 7) is 2.09. The minimum atomic E-state index is 0.0962. The molecule has 1 atom stereocenters. The highest BCUT2D eigenvalue weighted by atomic mass is 32.2. The molecule has 0 saturated heterocycles. The highest BCUT2D eigenvalue weighted by Crippen LogP contribution is 2.20. The predicted molar refractivity (Wildman–Crippen MR) is 76.1 cm³/mol. The van der Waals surface area contributed by atoms with E-state index in [1.807, 2.05) is 35.2 Å². The van der Waals surface area contributed by atoms with Gasteiger partial charge < -0.3 is 4.90 Å². The molecule has 1 aromatic rings. The zero-order chi connectivity index (χ0) is 12.1. The number of nitrogens with zero attached hydrogens (tertiary/aromatic N) is 1. The molecule has 0 radical (unpaired) electrons. The Labute approximate surface area is 111 Å². The topological polar surface area (TPSA) is 20.3 Å². The Balaban J connectivity index is 2.59. The lowest BCUT2D eigenvalue weighted by Crippen LogP contribution is -2.35. The second-order valence-electron chi connectivity index (χ2n) is 3.72. The van der Waals surface area contributed by atoms with E-state index >= 15 is 0 Å². The highest BCUT2D eigenvalue weighted by Gasteiger charge is 2.18. The van der Waals surface area contributed by atoms with Crippen molar-refractivity contribution in [1.29, 1.82) is 0 Å². The zero-order valence-electron chi connectivity index (χ0n) is 9.77. The summed E-state index contributed by atoms with van der Waals surface area (Å²) < 4.78 is 0. The number of hydrogen-bond acceptors (Lipinski definition) is 4. The zero-order valence-corrected chi connectivity index (χ0v) is 12.3. The van der Waals surface area contributed by atoms with Crippen LogP contribution in [0.3, 0.4) is 0 Å². The Morgan fingerprint density at radius 3 is 2.88 bits per heavy atom. The average molecular weight is 275 g/mol. The molecular weight excluding hydrogens is 258 g/mol. The molecule has 1 unspecified atom stereocenters. The maximum atomic E-state index is 12.1. The van der Waals surface area contributed by atoms with E-state index < -0.39 is 0 Å². The Morgan fingerprint density at radius 1 is 1.69 bits per heavy atom. The molecule has 2 nitrogen and oxygen atoms in total. The lowest BCUT2D eigenvalue weighted by molar-refractivity contribution is 0.0746. The number of carbonyl (C=O) groups is 1. The number of thiophene rings is 1. The number of carbonyl (C=O) groups excluding carboxylic acids is 1. The summed E-state index contributed by atoms with van der Waals surface area (Å²) in [5.41, 5.74) is 0. The third kappa shape index (κ3) is 3.71. The van der Waals surface area contributed by atoms with Gasteiger partial charge in [0.25, 0.3) is 5.91 Å². The molecule has 0 N–H and O–H groups in total. The lowest BCUT2D eigenvalue weighted by atomic mass is 10.2. The normalized spacial score (nSPS) is 12.5. The van der Waals surface area contributed by atoms with Crippen LogP contribution in [0.4, 0.5) is 0 Å². The number of thiol groups is 1. The van der Waals surface area contributed by atoms with Crippen molar-refractivity contribution in [1.82, 2.24) is 4.90 Å². The molecule has 0 saturated carbocycles. The number of hydrogen-bond donors (Lipinski definition) is 1. The Kier molecular flexibility index (Phi) is 5.72. The Morgan fingerprint density at radius 2 is 2.38 bits per heavy atom. The molecular formula is C11H17NOS3. The summed E-state index contributed by atoms with van der Waals surface area (Å²) in [5, 5.41) is 1.89. The van der Waals surface area contributed by atoms with E-state index in [0.29, 0.717) is 0 Å². The van der Waals surface area contributed by atoms with Crippen LogP contribution in [0.1, 0.15) is 23.0 Å². The molecule has 0 bridgehead atoms. The van der Waals surface area contributed by atoms with Gasteiger partial charge in [-0.15, -0.1) is 24.0 Å². The molecule has 1 rings (SSSR count). The molecule has 0 aliphatic rings. The first-order valence-corrected chi connectivity index (χ1v) is 7.82. The van der Waals surface area contributed by atoms with E-state index in [1.54, 1.807) is 0 Å². The monoisotopic (exact) mass is 275 g/mol. The van der Waals surface area contributed by atoms with Gasteiger partial charge in [0.05, 0.1) is 4.88 Å². The first kappa shape index (κ1) is 13.9. The largest absolute Gasteiger partial charge is 0.338 e. The third-order valence-electron chi connectivity index (χ3n) is 2.52.